The summed E-state index contributed by atoms with van der Waals surface area (Å²) in [7, 11) is 4.36. The Morgan fingerprint density at radius 1 is 0.489 bits per heavy atom. The monoisotopic (exact) mass is 665 g/mol. The molecule has 280 valence electrons. The second-order valence-corrected chi connectivity index (χ2v) is 15.0. The SMILES string of the molecule is CCCCCCCC/C=C\CCCCCCCCOCC(C[N+](C)(C)CCO)OCCCCCCCC/C=C\CCCCCCCC. The summed E-state index contributed by atoms with van der Waals surface area (Å²) in [4.78, 5) is 0. The Labute approximate surface area is 296 Å². The lowest BCUT2D eigenvalue weighted by Crippen LogP contribution is -2.49. The van der Waals surface area contributed by atoms with Gasteiger partial charge in [0.1, 0.15) is 19.2 Å². The van der Waals surface area contributed by atoms with E-state index in [0.29, 0.717) is 6.61 Å². The molecular weight excluding hydrogens is 578 g/mol. The Morgan fingerprint density at radius 3 is 1.26 bits per heavy atom. The fourth-order valence-corrected chi connectivity index (χ4v) is 6.33. The normalized spacial score (nSPS) is 13.0. The van der Waals surface area contributed by atoms with Crippen LogP contribution in [0, 0.1) is 0 Å². The molecule has 0 spiro atoms. The van der Waals surface area contributed by atoms with Crippen LogP contribution in [0.2, 0.25) is 0 Å². The van der Waals surface area contributed by atoms with E-state index in [4.69, 9.17) is 9.47 Å². The van der Waals surface area contributed by atoms with Crippen LogP contribution < -0.4 is 0 Å². The van der Waals surface area contributed by atoms with Gasteiger partial charge in [-0.25, -0.2) is 0 Å². The molecule has 0 aromatic carbocycles. The number of allylic oxidation sites excluding steroid dienone is 4. The second-order valence-electron chi connectivity index (χ2n) is 15.0. The van der Waals surface area contributed by atoms with Gasteiger partial charge >= 0.3 is 0 Å². The van der Waals surface area contributed by atoms with Crippen LogP contribution in [0.1, 0.15) is 194 Å². The zero-order valence-corrected chi connectivity index (χ0v) is 32.6. The zero-order valence-electron chi connectivity index (χ0n) is 32.6. The van der Waals surface area contributed by atoms with Crippen molar-refractivity contribution >= 4 is 0 Å². The average molecular weight is 665 g/mol. The van der Waals surface area contributed by atoms with Gasteiger partial charge in [-0.1, -0.05) is 154 Å². The Kier molecular flexibility index (Phi) is 37.6. The van der Waals surface area contributed by atoms with Crippen molar-refractivity contribution in [2.75, 3.05) is 53.6 Å². The van der Waals surface area contributed by atoms with E-state index in [1.54, 1.807) is 0 Å². The summed E-state index contributed by atoms with van der Waals surface area (Å²) < 4.78 is 13.2. The summed E-state index contributed by atoms with van der Waals surface area (Å²) in [5.41, 5.74) is 0. The minimum Gasteiger partial charge on any atom is -0.391 e. The minimum absolute atomic E-state index is 0.105. The van der Waals surface area contributed by atoms with Crippen LogP contribution in [0.3, 0.4) is 0 Å². The topological polar surface area (TPSA) is 38.7 Å². The van der Waals surface area contributed by atoms with Crippen molar-refractivity contribution in [1.29, 1.82) is 0 Å². The number of ether oxygens (including phenoxy) is 2. The van der Waals surface area contributed by atoms with Gasteiger partial charge in [0.15, 0.2) is 0 Å². The standard InChI is InChI=1S/C43H86NO3/c1-5-7-9-11-13-15-17-19-21-23-25-27-29-31-33-35-39-46-42-43(41-44(3,4)37-38-45)47-40-36-34-32-30-28-26-24-22-20-18-16-14-12-10-8-6-2/h19-22,43,45H,5-18,23-42H2,1-4H3/q+1/b21-19-,22-20-. The molecule has 4 nitrogen and oxygen atoms in total. The number of likely N-dealkylation sites (N-methyl/N-ethyl adjacent to an activating group) is 1. The van der Waals surface area contributed by atoms with Crippen molar-refractivity contribution in [2.45, 2.75) is 200 Å². The quantitative estimate of drug-likeness (QED) is 0.0404. The molecule has 0 aliphatic rings. The largest absolute Gasteiger partial charge is 0.391 e. The molecule has 0 rings (SSSR count). The number of hydrogen-bond acceptors (Lipinski definition) is 3. The first kappa shape index (κ1) is 46.3. The lowest BCUT2D eigenvalue weighted by Gasteiger charge is -2.32. The maximum atomic E-state index is 9.49. The zero-order chi connectivity index (χ0) is 34.4. The Balaban J connectivity index is 3.80. The van der Waals surface area contributed by atoms with Crippen molar-refractivity contribution in [1.82, 2.24) is 0 Å². The second kappa shape index (κ2) is 38.1. The minimum atomic E-state index is 0.105. The number of nitrogens with zero attached hydrogens (tertiary/aromatic N) is 1. The molecule has 1 atom stereocenters. The predicted octanol–water partition coefficient (Wildman–Crippen LogP) is 12.5. The van der Waals surface area contributed by atoms with Crippen LogP contribution >= 0.6 is 0 Å². The van der Waals surface area contributed by atoms with Gasteiger partial charge in [-0.2, -0.15) is 0 Å². The van der Waals surface area contributed by atoms with Gasteiger partial charge in [-0.15, -0.1) is 0 Å². The van der Waals surface area contributed by atoms with Gasteiger partial charge in [0.25, 0.3) is 0 Å². The van der Waals surface area contributed by atoms with Gasteiger partial charge in [-0.05, 0) is 64.2 Å². The molecule has 0 aliphatic heterocycles. The number of hydrogen-bond donors (Lipinski definition) is 1. The fraction of sp³-hybridized carbons (Fsp3) is 0.907. The van der Waals surface area contributed by atoms with Crippen LogP contribution in [-0.4, -0.2) is 69.3 Å². The van der Waals surface area contributed by atoms with Gasteiger partial charge in [0.05, 0.1) is 27.3 Å². The van der Waals surface area contributed by atoms with Crippen LogP contribution in [0.15, 0.2) is 24.3 Å². The molecule has 47 heavy (non-hydrogen) atoms. The Morgan fingerprint density at radius 2 is 0.851 bits per heavy atom. The Hall–Kier alpha value is -0.680. The van der Waals surface area contributed by atoms with E-state index in [-0.39, 0.29) is 12.7 Å². The van der Waals surface area contributed by atoms with Crippen LogP contribution in [-0.2, 0) is 9.47 Å². The lowest BCUT2D eigenvalue weighted by atomic mass is 10.1. The summed E-state index contributed by atoms with van der Waals surface area (Å²) in [6.45, 7) is 8.76. The third-order valence-electron chi connectivity index (χ3n) is 9.52. The third kappa shape index (κ3) is 38.0. The molecule has 0 aromatic heterocycles. The molecule has 1 N–H and O–H groups in total. The molecule has 0 amide bonds. The van der Waals surface area contributed by atoms with Crippen LogP contribution in [0.25, 0.3) is 0 Å². The van der Waals surface area contributed by atoms with Crippen LogP contribution in [0.5, 0.6) is 0 Å². The summed E-state index contributed by atoms with van der Waals surface area (Å²) in [6, 6.07) is 0. The molecule has 0 saturated carbocycles. The molecule has 0 saturated heterocycles. The summed E-state index contributed by atoms with van der Waals surface area (Å²) >= 11 is 0. The third-order valence-corrected chi connectivity index (χ3v) is 9.52. The molecule has 0 heterocycles. The van der Waals surface area contributed by atoms with E-state index in [0.717, 1.165) is 43.6 Å². The van der Waals surface area contributed by atoms with Gasteiger partial charge in [0.2, 0.25) is 0 Å². The highest BCUT2D eigenvalue weighted by molar-refractivity contribution is 4.82. The molecular formula is C43H86NO3+. The van der Waals surface area contributed by atoms with Crippen molar-refractivity contribution in [3.63, 3.8) is 0 Å². The van der Waals surface area contributed by atoms with E-state index >= 15 is 0 Å². The molecule has 0 radical (unpaired) electrons. The number of unbranched alkanes of at least 4 members (excludes halogenated alkanes) is 24. The predicted molar refractivity (Wildman–Crippen MR) is 208 cm³/mol. The lowest BCUT2D eigenvalue weighted by molar-refractivity contribution is -0.893. The average Bonchev–Trinajstić information content (AvgIpc) is 3.05. The maximum absolute atomic E-state index is 9.49. The number of rotatable bonds is 39. The number of quaternary nitrogens is 1. The number of aliphatic hydroxyl groups is 1. The van der Waals surface area contributed by atoms with Gasteiger partial charge in [0, 0.05) is 13.2 Å². The highest BCUT2D eigenvalue weighted by Gasteiger charge is 2.22. The van der Waals surface area contributed by atoms with Crippen molar-refractivity contribution in [2.24, 2.45) is 0 Å². The molecule has 0 aromatic rings. The van der Waals surface area contributed by atoms with E-state index in [1.165, 1.54) is 167 Å². The molecule has 0 aliphatic carbocycles. The summed E-state index contributed by atoms with van der Waals surface area (Å²) in [5.74, 6) is 0. The van der Waals surface area contributed by atoms with Crippen molar-refractivity contribution in [3.05, 3.63) is 24.3 Å². The highest BCUT2D eigenvalue weighted by Crippen LogP contribution is 2.13. The van der Waals surface area contributed by atoms with Gasteiger partial charge < -0.3 is 19.1 Å². The first-order valence-corrected chi connectivity index (χ1v) is 21.0. The first-order chi connectivity index (χ1) is 23.1. The first-order valence-electron chi connectivity index (χ1n) is 21.0. The maximum Gasteiger partial charge on any atom is 0.130 e. The fourth-order valence-electron chi connectivity index (χ4n) is 6.33. The van der Waals surface area contributed by atoms with Crippen molar-refractivity contribution < 1.29 is 19.1 Å². The number of aliphatic hydroxyl groups excluding tert-OH is 1. The molecule has 0 fully saturated rings. The molecule has 4 heteroatoms. The smallest absolute Gasteiger partial charge is 0.130 e. The Bertz CT molecular complexity index is 647. The summed E-state index contributed by atoms with van der Waals surface area (Å²) in [6.07, 6.45) is 47.0. The van der Waals surface area contributed by atoms with Crippen molar-refractivity contribution in [3.8, 4) is 0 Å². The van der Waals surface area contributed by atoms with Crippen LogP contribution in [0.4, 0.5) is 0 Å². The van der Waals surface area contributed by atoms with E-state index in [9.17, 15) is 5.11 Å². The molecule has 0 bridgehead atoms. The van der Waals surface area contributed by atoms with Gasteiger partial charge in [-0.3, -0.25) is 0 Å². The molecule has 1 unspecified atom stereocenters. The van der Waals surface area contributed by atoms with E-state index in [2.05, 4.69) is 52.2 Å². The van der Waals surface area contributed by atoms with E-state index < -0.39 is 0 Å². The highest BCUT2D eigenvalue weighted by atomic mass is 16.5. The summed E-state index contributed by atoms with van der Waals surface area (Å²) in [5, 5.41) is 9.49. The van der Waals surface area contributed by atoms with E-state index in [1.807, 2.05) is 0 Å².